The second-order valence-corrected chi connectivity index (χ2v) is 3.23. The SMILES string of the molecule is COc1cc(OC)c([C@H](C)N)c(OC)c1. The highest BCUT2D eigenvalue weighted by atomic mass is 16.5. The van der Waals surface area contributed by atoms with Crippen molar-refractivity contribution in [3.63, 3.8) is 0 Å². The average Bonchev–Trinajstić information content (AvgIpc) is 2.26. The molecule has 0 spiro atoms. The molecule has 0 aliphatic carbocycles. The predicted molar refractivity (Wildman–Crippen MR) is 58.7 cm³/mol. The van der Waals surface area contributed by atoms with Gasteiger partial charge in [-0.15, -0.1) is 0 Å². The van der Waals surface area contributed by atoms with E-state index < -0.39 is 0 Å². The Hall–Kier alpha value is -1.42. The molecule has 0 aromatic heterocycles. The maximum Gasteiger partial charge on any atom is 0.131 e. The third-order valence-corrected chi connectivity index (χ3v) is 2.21. The maximum absolute atomic E-state index is 5.86. The van der Waals surface area contributed by atoms with Crippen molar-refractivity contribution in [1.82, 2.24) is 0 Å². The standard InChI is InChI=1S/C11H17NO3/c1-7(12)11-9(14-3)5-8(13-2)6-10(11)15-4/h5-7H,12H2,1-4H3/t7-/m0/s1. The number of rotatable bonds is 4. The van der Waals surface area contributed by atoms with Gasteiger partial charge in [0.25, 0.3) is 0 Å². The molecule has 0 saturated heterocycles. The molecule has 0 heterocycles. The molecule has 0 aliphatic rings. The normalized spacial score (nSPS) is 12.1. The molecule has 1 aromatic rings. The van der Waals surface area contributed by atoms with Crippen molar-refractivity contribution in [3.05, 3.63) is 17.7 Å². The van der Waals surface area contributed by atoms with Crippen LogP contribution in [-0.4, -0.2) is 21.3 Å². The molecule has 0 radical (unpaired) electrons. The largest absolute Gasteiger partial charge is 0.496 e. The zero-order chi connectivity index (χ0) is 11.4. The number of ether oxygens (including phenoxy) is 3. The molecular formula is C11H17NO3. The van der Waals surface area contributed by atoms with Crippen molar-refractivity contribution < 1.29 is 14.2 Å². The van der Waals surface area contributed by atoms with Crippen LogP contribution in [0.4, 0.5) is 0 Å². The minimum Gasteiger partial charge on any atom is -0.496 e. The highest BCUT2D eigenvalue weighted by molar-refractivity contribution is 5.52. The number of benzene rings is 1. The van der Waals surface area contributed by atoms with E-state index in [0.29, 0.717) is 17.2 Å². The first kappa shape index (κ1) is 11.7. The zero-order valence-corrected chi connectivity index (χ0v) is 9.53. The fraction of sp³-hybridized carbons (Fsp3) is 0.455. The van der Waals surface area contributed by atoms with E-state index in [1.54, 1.807) is 33.5 Å². The molecule has 0 aliphatic heterocycles. The summed E-state index contributed by atoms with van der Waals surface area (Å²) in [5, 5.41) is 0. The Morgan fingerprint density at radius 3 is 1.73 bits per heavy atom. The van der Waals surface area contributed by atoms with Crippen molar-refractivity contribution in [2.75, 3.05) is 21.3 Å². The molecule has 1 atom stereocenters. The van der Waals surface area contributed by atoms with Gasteiger partial charge in [0, 0.05) is 18.2 Å². The van der Waals surface area contributed by atoms with Crippen LogP contribution < -0.4 is 19.9 Å². The van der Waals surface area contributed by atoms with Gasteiger partial charge in [0.05, 0.1) is 26.9 Å². The third kappa shape index (κ3) is 2.33. The minimum atomic E-state index is -0.152. The summed E-state index contributed by atoms with van der Waals surface area (Å²) >= 11 is 0. The predicted octanol–water partition coefficient (Wildman–Crippen LogP) is 1.73. The van der Waals surface area contributed by atoms with Crippen LogP contribution in [0, 0.1) is 0 Å². The van der Waals surface area contributed by atoms with E-state index in [-0.39, 0.29) is 6.04 Å². The van der Waals surface area contributed by atoms with Crippen LogP contribution in [0.3, 0.4) is 0 Å². The molecular weight excluding hydrogens is 194 g/mol. The van der Waals surface area contributed by atoms with Crippen molar-refractivity contribution >= 4 is 0 Å². The number of hydrogen-bond acceptors (Lipinski definition) is 4. The van der Waals surface area contributed by atoms with E-state index in [4.69, 9.17) is 19.9 Å². The van der Waals surface area contributed by atoms with Crippen LogP contribution >= 0.6 is 0 Å². The Morgan fingerprint density at radius 2 is 1.47 bits per heavy atom. The zero-order valence-electron chi connectivity index (χ0n) is 9.53. The van der Waals surface area contributed by atoms with Crippen molar-refractivity contribution in [2.24, 2.45) is 5.73 Å². The first-order chi connectivity index (χ1) is 7.13. The summed E-state index contributed by atoms with van der Waals surface area (Å²) in [5.41, 5.74) is 6.71. The molecule has 84 valence electrons. The Balaban J connectivity index is 3.32. The van der Waals surface area contributed by atoms with Gasteiger partial charge < -0.3 is 19.9 Å². The summed E-state index contributed by atoms with van der Waals surface area (Å²) in [6.45, 7) is 1.88. The summed E-state index contributed by atoms with van der Waals surface area (Å²) in [6, 6.07) is 3.43. The average molecular weight is 211 g/mol. The van der Waals surface area contributed by atoms with E-state index >= 15 is 0 Å². The van der Waals surface area contributed by atoms with E-state index in [9.17, 15) is 0 Å². The van der Waals surface area contributed by atoms with Gasteiger partial charge in [-0.1, -0.05) is 0 Å². The Labute approximate surface area is 89.9 Å². The lowest BCUT2D eigenvalue weighted by atomic mass is 10.1. The number of methoxy groups -OCH3 is 3. The lowest BCUT2D eigenvalue weighted by Gasteiger charge is -2.17. The first-order valence-electron chi connectivity index (χ1n) is 4.69. The Kier molecular flexibility index (Phi) is 3.80. The highest BCUT2D eigenvalue weighted by Crippen LogP contribution is 2.37. The summed E-state index contributed by atoms with van der Waals surface area (Å²) in [4.78, 5) is 0. The van der Waals surface area contributed by atoms with Crippen LogP contribution in [0.1, 0.15) is 18.5 Å². The molecule has 0 amide bonds. The molecule has 0 saturated carbocycles. The molecule has 1 rings (SSSR count). The molecule has 2 N–H and O–H groups in total. The fourth-order valence-electron chi connectivity index (χ4n) is 1.48. The second kappa shape index (κ2) is 4.89. The summed E-state index contributed by atoms with van der Waals surface area (Å²) in [7, 11) is 4.79. The van der Waals surface area contributed by atoms with Gasteiger partial charge in [-0.05, 0) is 6.92 Å². The molecule has 0 bridgehead atoms. The van der Waals surface area contributed by atoms with Crippen LogP contribution in [0.15, 0.2) is 12.1 Å². The summed E-state index contributed by atoms with van der Waals surface area (Å²) in [5.74, 6) is 2.05. The quantitative estimate of drug-likeness (QED) is 0.824. The third-order valence-electron chi connectivity index (χ3n) is 2.21. The number of nitrogens with two attached hydrogens (primary N) is 1. The molecule has 4 nitrogen and oxygen atoms in total. The van der Waals surface area contributed by atoms with E-state index in [1.807, 2.05) is 6.92 Å². The number of hydrogen-bond donors (Lipinski definition) is 1. The van der Waals surface area contributed by atoms with Gasteiger partial charge in [0.1, 0.15) is 17.2 Å². The monoisotopic (exact) mass is 211 g/mol. The molecule has 1 aromatic carbocycles. The first-order valence-corrected chi connectivity index (χ1v) is 4.69. The fourth-order valence-corrected chi connectivity index (χ4v) is 1.48. The topological polar surface area (TPSA) is 53.7 Å². The van der Waals surface area contributed by atoms with Crippen LogP contribution in [0.2, 0.25) is 0 Å². The molecule has 15 heavy (non-hydrogen) atoms. The van der Waals surface area contributed by atoms with Crippen LogP contribution in [0.5, 0.6) is 17.2 Å². The van der Waals surface area contributed by atoms with Crippen molar-refractivity contribution in [1.29, 1.82) is 0 Å². The van der Waals surface area contributed by atoms with E-state index in [0.717, 1.165) is 5.56 Å². The second-order valence-electron chi connectivity index (χ2n) is 3.23. The molecule has 4 heteroatoms. The smallest absolute Gasteiger partial charge is 0.131 e. The van der Waals surface area contributed by atoms with Gasteiger partial charge in [0.2, 0.25) is 0 Å². The molecule has 0 fully saturated rings. The van der Waals surface area contributed by atoms with Crippen LogP contribution in [-0.2, 0) is 0 Å². The lowest BCUT2D eigenvalue weighted by Crippen LogP contribution is -2.09. The van der Waals surface area contributed by atoms with Gasteiger partial charge in [-0.25, -0.2) is 0 Å². The van der Waals surface area contributed by atoms with Gasteiger partial charge in [-0.3, -0.25) is 0 Å². The van der Waals surface area contributed by atoms with Crippen molar-refractivity contribution in [3.8, 4) is 17.2 Å². The van der Waals surface area contributed by atoms with Gasteiger partial charge >= 0.3 is 0 Å². The van der Waals surface area contributed by atoms with Crippen LogP contribution in [0.25, 0.3) is 0 Å². The summed E-state index contributed by atoms with van der Waals surface area (Å²) < 4.78 is 15.6. The highest BCUT2D eigenvalue weighted by Gasteiger charge is 2.16. The maximum atomic E-state index is 5.86. The van der Waals surface area contributed by atoms with E-state index in [2.05, 4.69) is 0 Å². The Morgan fingerprint density at radius 1 is 1.00 bits per heavy atom. The van der Waals surface area contributed by atoms with Crippen molar-refractivity contribution in [2.45, 2.75) is 13.0 Å². The van der Waals surface area contributed by atoms with E-state index in [1.165, 1.54) is 0 Å². The van der Waals surface area contributed by atoms with Gasteiger partial charge in [-0.2, -0.15) is 0 Å². The minimum absolute atomic E-state index is 0.152. The Bertz CT molecular complexity index is 312. The lowest BCUT2D eigenvalue weighted by molar-refractivity contribution is 0.365. The molecule has 0 unspecified atom stereocenters. The van der Waals surface area contributed by atoms with Gasteiger partial charge in [0.15, 0.2) is 0 Å². The summed E-state index contributed by atoms with van der Waals surface area (Å²) in [6.07, 6.45) is 0.